The van der Waals surface area contributed by atoms with E-state index < -0.39 is 12.0 Å². The van der Waals surface area contributed by atoms with Gasteiger partial charge in [0.25, 0.3) is 0 Å². The minimum absolute atomic E-state index is 0. The predicted molar refractivity (Wildman–Crippen MR) is 161 cm³/mol. The Labute approximate surface area is 238 Å². The summed E-state index contributed by atoms with van der Waals surface area (Å²) in [5.74, 6) is -1.05. The Morgan fingerprint density at radius 1 is 0.750 bits per heavy atom. The molecule has 0 heterocycles. The van der Waals surface area contributed by atoms with E-state index in [1.807, 2.05) is 18.2 Å². The molecule has 5 N–H and O–H groups in total. The molecule has 0 fully saturated rings. The number of ether oxygens (including phenoxy) is 1. The molecule has 214 valence electrons. The smallest absolute Gasteiger partial charge is 0.338 e. The quantitative estimate of drug-likeness (QED) is 0.167. The number of carbonyl (C=O) groups excluding carboxylic acids is 3. The van der Waals surface area contributed by atoms with Crippen LogP contribution in [0.5, 0.6) is 0 Å². The Morgan fingerprint density at radius 2 is 1.35 bits per heavy atom. The average molecular weight is 546 g/mol. The third-order valence-corrected chi connectivity index (χ3v) is 6.51. The van der Waals surface area contributed by atoms with Gasteiger partial charge in [0.15, 0.2) is 12.4 Å². The predicted octanol–water partition coefficient (Wildman–Crippen LogP) is 5.25. The maximum absolute atomic E-state index is 12.4. The molecule has 0 radical (unpaired) electrons. The maximum atomic E-state index is 12.4. The van der Waals surface area contributed by atoms with Crippen LogP contribution in [0.3, 0.4) is 0 Å². The number of benzene rings is 3. The van der Waals surface area contributed by atoms with Gasteiger partial charge in [-0.3, -0.25) is 9.59 Å². The van der Waals surface area contributed by atoms with E-state index in [1.165, 1.54) is 11.1 Å². The minimum atomic E-state index is -0.617. The summed E-state index contributed by atoms with van der Waals surface area (Å²) in [6.45, 7) is 0.275. The van der Waals surface area contributed by atoms with Crippen LogP contribution in [0.15, 0.2) is 78.9 Å². The second-order valence-corrected chi connectivity index (χ2v) is 9.76. The number of aryl methyl sites for hydroxylation is 2. The lowest BCUT2D eigenvalue weighted by Gasteiger charge is -2.12. The molecule has 0 aliphatic carbocycles. The van der Waals surface area contributed by atoms with E-state index in [1.54, 1.807) is 24.3 Å². The average Bonchev–Trinajstić information content (AvgIpc) is 2.96. The Kier molecular flexibility index (Phi) is 14.3. The van der Waals surface area contributed by atoms with Crippen LogP contribution in [-0.2, 0) is 33.6 Å². The maximum Gasteiger partial charge on any atom is 0.338 e. The van der Waals surface area contributed by atoms with Crippen molar-refractivity contribution in [1.82, 2.24) is 0 Å². The highest BCUT2D eigenvalue weighted by atomic mass is 16.5. The van der Waals surface area contributed by atoms with Crippen molar-refractivity contribution < 1.29 is 19.1 Å². The number of hydrogen-bond acceptors (Lipinski definition) is 6. The van der Waals surface area contributed by atoms with Gasteiger partial charge in [0, 0.05) is 12.1 Å². The number of amides is 1. The fraction of sp³-hybridized carbons (Fsp3) is 0.364. The first-order valence-corrected chi connectivity index (χ1v) is 13.6. The van der Waals surface area contributed by atoms with Gasteiger partial charge in [-0.1, -0.05) is 68.4 Å². The summed E-state index contributed by atoms with van der Waals surface area (Å²) >= 11 is 0. The molecule has 3 aromatic rings. The lowest BCUT2D eigenvalue weighted by atomic mass is 10.0. The molecule has 7 heteroatoms. The zero-order chi connectivity index (χ0) is 27.9. The van der Waals surface area contributed by atoms with Crippen molar-refractivity contribution in [3.05, 3.63) is 101 Å². The van der Waals surface area contributed by atoms with Gasteiger partial charge in [-0.05, 0) is 86.0 Å². The third-order valence-electron chi connectivity index (χ3n) is 6.51. The Morgan fingerprint density at radius 3 is 1.98 bits per heavy atom. The van der Waals surface area contributed by atoms with Gasteiger partial charge >= 0.3 is 5.97 Å². The van der Waals surface area contributed by atoms with Crippen molar-refractivity contribution in [2.24, 2.45) is 11.5 Å². The highest BCUT2D eigenvalue weighted by Gasteiger charge is 2.14. The van der Waals surface area contributed by atoms with E-state index in [0.29, 0.717) is 24.2 Å². The number of esters is 1. The molecule has 1 atom stereocenters. The summed E-state index contributed by atoms with van der Waals surface area (Å²) in [6, 6.07) is 24.2. The van der Waals surface area contributed by atoms with Crippen molar-refractivity contribution in [3.63, 3.8) is 0 Å². The van der Waals surface area contributed by atoms with Crippen molar-refractivity contribution in [2.75, 3.05) is 18.5 Å². The van der Waals surface area contributed by atoms with Crippen LogP contribution >= 0.6 is 0 Å². The number of ketones is 1. The van der Waals surface area contributed by atoms with Gasteiger partial charge in [0.2, 0.25) is 5.91 Å². The van der Waals surface area contributed by atoms with Crippen molar-refractivity contribution in [2.45, 2.75) is 64.8 Å². The Balaban J connectivity index is 0.00000560. The van der Waals surface area contributed by atoms with Gasteiger partial charge < -0.3 is 21.5 Å². The molecule has 0 aromatic heterocycles. The second-order valence-electron chi connectivity index (χ2n) is 9.76. The van der Waals surface area contributed by atoms with E-state index >= 15 is 0 Å². The summed E-state index contributed by atoms with van der Waals surface area (Å²) in [7, 11) is 0. The molecule has 0 unspecified atom stereocenters. The number of hydrogen-bond donors (Lipinski definition) is 3. The van der Waals surface area contributed by atoms with Gasteiger partial charge in [-0.2, -0.15) is 0 Å². The molecule has 0 bridgehead atoms. The highest BCUT2D eigenvalue weighted by Crippen LogP contribution is 2.13. The Bertz CT molecular complexity index is 1180. The van der Waals surface area contributed by atoms with E-state index in [0.717, 1.165) is 44.1 Å². The molecule has 0 aliphatic heterocycles. The molecule has 0 aliphatic rings. The van der Waals surface area contributed by atoms with Crippen LogP contribution in [0, 0.1) is 0 Å². The lowest BCUT2D eigenvalue weighted by molar-refractivity contribution is -0.121. The van der Waals surface area contributed by atoms with Crippen LogP contribution in [0.1, 0.15) is 66.6 Å². The number of anilines is 1. The van der Waals surface area contributed by atoms with Crippen molar-refractivity contribution >= 4 is 23.3 Å². The van der Waals surface area contributed by atoms with Crippen LogP contribution in [0.2, 0.25) is 0 Å². The summed E-state index contributed by atoms with van der Waals surface area (Å²) < 4.78 is 5.20. The summed E-state index contributed by atoms with van der Waals surface area (Å²) in [6.07, 6.45) is 6.70. The zero-order valence-corrected chi connectivity index (χ0v) is 22.4. The number of carbonyl (C=O) groups is 3. The van der Waals surface area contributed by atoms with E-state index in [-0.39, 0.29) is 32.1 Å². The summed E-state index contributed by atoms with van der Waals surface area (Å²) in [5.41, 5.74) is 15.7. The van der Waals surface area contributed by atoms with E-state index in [2.05, 4.69) is 41.7 Å². The number of nitrogens with two attached hydrogens (primary N) is 2. The normalized spacial score (nSPS) is 11.2. The van der Waals surface area contributed by atoms with Crippen LogP contribution < -0.4 is 16.8 Å². The standard InChI is InChI=1S/C32H39N3O4.CH4/c33-21-7-6-12-30(34)31(37)35-28-19-17-27(18-20-28)32(38)39-23-29(36)22-26-15-13-25(14-16-26)11-5-4-10-24-8-2-1-3-9-24;/h1-3,8-9,13-20,30H,4-7,10-12,21-23,33-34H2,(H,35,37);1H4/t30-;/m0./s1. The molecule has 0 saturated carbocycles. The van der Waals surface area contributed by atoms with Crippen LogP contribution in [-0.4, -0.2) is 36.9 Å². The molecular formula is C33H43N3O4. The molecular weight excluding hydrogens is 502 g/mol. The highest BCUT2D eigenvalue weighted by molar-refractivity contribution is 5.96. The first kappa shape index (κ1) is 32.4. The van der Waals surface area contributed by atoms with Crippen molar-refractivity contribution in [3.8, 4) is 0 Å². The molecule has 3 aromatic carbocycles. The third kappa shape index (κ3) is 11.5. The Hall–Kier alpha value is -3.81. The van der Waals surface area contributed by atoms with E-state index in [4.69, 9.17) is 16.2 Å². The number of unbranched alkanes of at least 4 members (excludes halogenated alkanes) is 2. The molecule has 7 nitrogen and oxygen atoms in total. The monoisotopic (exact) mass is 545 g/mol. The largest absolute Gasteiger partial charge is 0.454 e. The summed E-state index contributed by atoms with van der Waals surface area (Å²) in [4.78, 5) is 36.9. The van der Waals surface area contributed by atoms with Crippen LogP contribution in [0.25, 0.3) is 0 Å². The van der Waals surface area contributed by atoms with Crippen molar-refractivity contribution in [1.29, 1.82) is 0 Å². The zero-order valence-electron chi connectivity index (χ0n) is 22.4. The second kappa shape index (κ2) is 17.7. The lowest BCUT2D eigenvalue weighted by Crippen LogP contribution is -2.35. The molecule has 0 saturated heterocycles. The number of nitrogens with one attached hydrogen (secondary N) is 1. The molecule has 1 amide bonds. The van der Waals surface area contributed by atoms with Gasteiger partial charge in [-0.25, -0.2) is 4.79 Å². The number of rotatable bonds is 16. The van der Waals surface area contributed by atoms with Crippen LogP contribution in [0.4, 0.5) is 5.69 Å². The first-order chi connectivity index (χ1) is 18.9. The molecule has 40 heavy (non-hydrogen) atoms. The topological polar surface area (TPSA) is 125 Å². The fourth-order valence-electron chi connectivity index (χ4n) is 4.20. The van der Waals surface area contributed by atoms with Gasteiger partial charge in [0.05, 0.1) is 11.6 Å². The van der Waals surface area contributed by atoms with Gasteiger partial charge in [-0.15, -0.1) is 0 Å². The fourth-order valence-corrected chi connectivity index (χ4v) is 4.20. The SMILES string of the molecule is C.NCCCC[C@H](N)C(=O)Nc1ccc(C(=O)OCC(=O)Cc2ccc(CCCCc3ccccc3)cc2)cc1. The molecule has 0 spiro atoms. The first-order valence-electron chi connectivity index (χ1n) is 13.6. The minimum Gasteiger partial charge on any atom is -0.454 e. The summed E-state index contributed by atoms with van der Waals surface area (Å²) in [5, 5.41) is 2.74. The molecule has 3 rings (SSSR count). The van der Waals surface area contributed by atoms with Gasteiger partial charge in [0.1, 0.15) is 0 Å². The van der Waals surface area contributed by atoms with E-state index in [9.17, 15) is 14.4 Å². The number of Topliss-reactive ketones (excluding diaryl/α,β-unsaturated/α-hetero) is 1.